The first kappa shape index (κ1) is 13.3. The summed E-state index contributed by atoms with van der Waals surface area (Å²) in [7, 11) is 0. The number of aromatic nitrogens is 2. The fourth-order valence-electron chi connectivity index (χ4n) is 3.52. The molecular weight excluding hydrogens is 268 g/mol. The number of hydrogen-bond acceptors (Lipinski definition) is 1. The van der Waals surface area contributed by atoms with Crippen molar-refractivity contribution in [3.63, 3.8) is 0 Å². The summed E-state index contributed by atoms with van der Waals surface area (Å²) in [5.74, 6) is 0.444. The lowest BCUT2D eigenvalue weighted by Gasteiger charge is -2.15. The highest BCUT2D eigenvalue weighted by Gasteiger charge is 2.16. The number of pyridine rings is 1. The van der Waals surface area contributed by atoms with Gasteiger partial charge < -0.3 is 0 Å². The van der Waals surface area contributed by atoms with E-state index in [9.17, 15) is 0 Å². The molecule has 0 spiro atoms. The van der Waals surface area contributed by atoms with Crippen molar-refractivity contribution in [2.45, 2.75) is 33.6 Å². The molecule has 4 aromatic rings. The highest BCUT2D eigenvalue weighted by Crippen LogP contribution is 2.34. The van der Waals surface area contributed by atoms with Crippen molar-refractivity contribution in [1.82, 2.24) is 9.38 Å². The van der Waals surface area contributed by atoms with Crippen molar-refractivity contribution in [2.24, 2.45) is 0 Å². The lowest BCUT2D eigenvalue weighted by Crippen LogP contribution is -2.00. The van der Waals surface area contributed by atoms with Gasteiger partial charge in [0.2, 0.25) is 0 Å². The number of aryl methyl sites for hydroxylation is 2. The summed E-state index contributed by atoms with van der Waals surface area (Å²) < 4.78 is 2.37. The number of nitrogens with zero attached hydrogens (tertiary/aromatic N) is 2. The first-order chi connectivity index (χ1) is 10.6. The van der Waals surface area contributed by atoms with Gasteiger partial charge in [-0.1, -0.05) is 50.2 Å². The van der Waals surface area contributed by atoms with Crippen LogP contribution >= 0.6 is 0 Å². The zero-order valence-electron chi connectivity index (χ0n) is 13.5. The van der Waals surface area contributed by atoms with E-state index >= 15 is 0 Å². The maximum atomic E-state index is 4.75. The largest absolute Gasteiger partial charge is 0.296 e. The molecule has 2 heteroatoms. The molecule has 2 aromatic heterocycles. The van der Waals surface area contributed by atoms with E-state index in [4.69, 9.17) is 4.98 Å². The van der Waals surface area contributed by atoms with Crippen LogP contribution in [0.4, 0.5) is 0 Å². The van der Waals surface area contributed by atoms with Crippen LogP contribution in [0.25, 0.3) is 27.3 Å². The smallest absolute Gasteiger partial charge is 0.145 e. The molecule has 2 heterocycles. The van der Waals surface area contributed by atoms with E-state index in [2.05, 4.69) is 68.5 Å². The van der Waals surface area contributed by atoms with E-state index in [0.717, 1.165) is 5.65 Å². The van der Waals surface area contributed by atoms with Gasteiger partial charge in [0.25, 0.3) is 0 Å². The third-order valence-corrected chi connectivity index (χ3v) is 4.63. The van der Waals surface area contributed by atoms with E-state index in [1.165, 1.54) is 38.5 Å². The third-order valence-electron chi connectivity index (χ3n) is 4.63. The van der Waals surface area contributed by atoms with E-state index in [-0.39, 0.29) is 0 Å². The first-order valence-corrected chi connectivity index (χ1v) is 7.87. The Balaban J connectivity index is 2.43. The molecule has 0 aliphatic heterocycles. The van der Waals surface area contributed by atoms with Crippen LogP contribution in [0.2, 0.25) is 0 Å². The molecule has 0 unspecified atom stereocenters. The molecule has 0 fully saturated rings. The van der Waals surface area contributed by atoms with Gasteiger partial charge in [-0.3, -0.25) is 4.40 Å². The standard InChI is InChI=1S/C20H20N2/c1-12(2)17-11-21-20-16-8-6-5-7-15(16)18-13(3)9-10-14(4)19(18)22(17)20/h5-12H,1-4H3. The van der Waals surface area contributed by atoms with Crippen LogP contribution in [0.15, 0.2) is 42.6 Å². The second kappa shape index (κ2) is 4.57. The minimum absolute atomic E-state index is 0.444. The Hall–Kier alpha value is -2.35. The summed E-state index contributed by atoms with van der Waals surface area (Å²) >= 11 is 0. The number of imidazole rings is 1. The van der Waals surface area contributed by atoms with Gasteiger partial charge in [-0.2, -0.15) is 0 Å². The molecule has 0 aliphatic rings. The molecule has 4 rings (SSSR count). The van der Waals surface area contributed by atoms with Crippen molar-refractivity contribution < 1.29 is 0 Å². The molecular formula is C20H20N2. The Morgan fingerprint density at radius 2 is 1.59 bits per heavy atom. The molecule has 0 saturated heterocycles. The number of rotatable bonds is 1. The van der Waals surface area contributed by atoms with Crippen LogP contribution in [0.3, 0.4) is 0 Å². The summed E-state index contributed by atoms with van der Waals surface area (Å²) in [6.45, 7) is 8.86. The summed E-state index contributed by atoms with van der Waals surface area (Å²) in [4.78, 5) is 4.75. The topological polar surface area (TPSA) is 17.3 Å². The predicted molar refractivity (Wildman–Crippen MR) is 93.8 cm³/mol. The van der Waals surface area contributed by atoms with Crippen LogP contribution in [-0.4, -0.2) is 9.38 Å². The van der Waals surface area contributed by atoms with Crippen molar-refractivity contribution in [3.8, 4) is 0 Å². The van der Waals surface area contributed by atoms with E-state index in [1.54, 1.807) is 0 Å². The van der Waals surface area contributed by atoms with Crippen LogP contribution in [0, 0.1) is 13.8 Å². The Bertz CT molecular complexity index is 1020. The molecule has 0 amide bonds. The van der Waals surface area contributed by atoms with E-state index < -0.39 is 0 Å². The van der Waals surface area contributed by atoms with E-state index in [1.807, 2.05) is 6.20 Å². The molecule has 0 bridgehead atoms. The number of hydrogen-bond donors (Lipinski definition) is 0. The van der Waals surface area contributed by atoms with Gasteiger partial charge in [0, 0.05) is 22.7 Å². The molecule has 0 aliphatic carbocycles. The lowest BCUT2D eigenvalue weighted by molar-refractivity contribution is 0.817. The minimum atomic E-state index is 0.444. The number of fused-ring (bicyclic) bond motifs is 6. The molecule has 0 N–H and O–H groups in total. The van der Waals surface area contributed by atoms with Gasteiger partial charge in [0.1, 0.15) is 5.65 Å². The second-order valence-corrected chi connectivity index (χ2v) is 6.47. The molecule has 0 atom stereocenters. The minimum Gasteiger partial charge on any atom is -0.296 e. The normalized spacial score (nSPS) is 12.0. The van der Waals surface area contributed by atoms with Gasteiger partial charge >= 0.3 is 0 Å². The number of benzene rings is 2. The zero-order chi connectivity index (χ0) is 15.4. The molecule has 110 valence electrons. The Kier molecular flexibility index (Phi) is 2.77. The molecule has 0 saturated carbocycles. The fraction of sp³-hybridized carbons (Fsp3) is 0.250. The summed E-state index contributed by atoms with van der Waals surface area (Å²) in [6, 6.07) is 13.1. The first-order valence-electron chi connectivity index (χ1n) is 7.87. The van der Waals surface area contributed by atoms with Crippen LogP contribution in [-0.2, 0) is 0 Å². The van der Waals surface area contributed by atoms with Crippen LogP contribution < -0.4 is 0 Å². The van der Waals surface area contributed by atoms with Crippen molar-refractivity contribution in [3.05, 3.63) is 59.4 Å². The van der Waals surface area contributed by atoms with Gasteiger partial charge in [0.05, 0.1) is 5.52 Å². The predicted octanol–water partition coefficient (Wildman–Crippen LogP) is 5.38. The van der Waals surface area contributed by atoms with Crippen molar-refractivity contribution in [1.29, 1.82) is 0 Å². The highest BCUT2D eigenvalue weighted by atomic mass is 15.0. The van der Waals surface area contributed by atoms with Gasteiger partial charge in [0.15, 0.2) is 0 Å². The summed E-state index contributed by atoms with van der Waals surface area (Å²) in [6.07, 6.45) is 2.04. The zero-order valence-corrected chi connectivity index (χ0v) is 13.5. The van der Waals surface area contributed by atoms with Gasteiger partial charge in [-0.25, -0.2) is 4.98 Å². The van der Waals surface area contributed by atoms with Gasteiger partial charge in [-0.15, -0.1) is 0 Å². The van der Waals surface area contributed by atoms with Crippen LogP contribution in [0.1, 0.15) is 36.6 Å². The van der Waals surface area contributed by atoms with Crippen molar-refractivity contribution >= 4 is 27.3 Å². The summed E-state index contributed by atoms with van der Waals surface area (Å²) in [5, 5.41) is 3.88. The Morgan fingerprint density at radius 1 is 0.909 bits per heavy atom. The van der Waals surface area contributed by atoms with Gasteiger partial charge in [-0.05, 0) is 36.3 Å². The molecule has 0 radical (unpaired) electrons. The van der Waals surface area contributed by atoms with Crippen LogP contribution in [0.5, 0.6) is 0 Å². The SMILES string of the molecule is Cc1ccc(C)c2c1c1ccccc1c1ncc(C(C)C)n12. The Labute approximate surface area is 130 Å². The van der Waals surface area contributed by atoms with Crippen molar-refractivity contribution in [2.75, 3.05) is 0 Å². The maximum Gasteiger partial charge on any atom is 0.145 e. The monoisotopic (exact) mass is 288 g/mol. The maximum absolute atomic E-state index is 4.75. The lowest BCUT2D eigenvalue weighted by atomic mass is 9.99. The fourth-order valence-corrected chi connectivity index (χ4v) is 3.52. The Morgan fingerprint density at radius 3 is 2.32 bits per heavy atom. The average Bonchev–Trinajstić information content (AvgIpc) is 2.95. The molecule has 22 heavy (non-hydrogen) atoms. The third kappa shape index (κ3) is 1.64. The highest BCUT2D eigenvalue weighted by molar-refractivity contribution is 6.13. The van der Waals surface area contributed by atoms with E-state index in [0.29, 0.717) is 5.92 Å². The average molecular weight is 288 g/mol. The quantitative estimate of drug-likeness (QED) is 0.430. The summed E-state index contributed by atoms with van der Waals surface area (Å²) in [5.41, 5.74) is 6.27. The second-order valence-electron chi connectivity index (χ2n) is 6.47. The molecule has 2 aromatic carbocycles. The molecule has 2 nitrogen and oxygen atoms in total.